The quantitative estimate of drug-likeness (QED) is 0.891. The van der Waals surface area contributed by atoms with Crippen molar-refractivity contribution in [1.82, 2.24) is 5.32 Å². The number of amides is 1. The van der Waals surface area contributed by atoms with Crippen molar-refractivity contribution < 1.29 is 9.90 Å². The molecule has 22 heavy (non-hydrogen) atoms. The van der Waals surface area contributed by atoms with E-state index in [2.05, 4.69) is 17.4 Å². The van der Waals surface area contributed by atoms with E-state index in [1.165, 1.54) is 5.56 Å². The Morgan fingerprint density at radius 3 is 2.36 bits per heavy atom. The molecule has 2 aromatic carbocycles. The smallest absolute Gasteiger partial charge is 0.223 e. The van der Waals surface area contributed by atoms with Gasteiger partial charge in [-0.2, -0.15) is 0 Å². The Morgan fingerprint density at radius 1 is 1.14 bits per heavy atom. The lowest BCUT2D eigenvalue weighted by Crippen LogP contribution is -2.39. The summed E-state index contributed by atoms with van der Waals surface area (Å²) >= 11 is 0. The van der Waals surface area contributed by atoms with Crippen molar-refractivity contribution in [2.75, 3.05) is 6.54 Å². The summed E-state index contributed by atoms with van der Waals surface area (Å²) < 4.78 is 0. The summed E-state index contributed by atoms with van der Waals surface area (Å²) in [5, 5.41) is 13.4. The average molecular weight is 295 g/mol. The first-order valence-corrected chi connectivity index (χ1v) is 7.68. The van der Waals surface area contributed by atoms with Crippen molar-refractivity contribution in [3.8, 4) is 0 Å². The van der Waals surface area contributed by atoms with Crippen LogP contribution in [0.4, 0.5) is 0 Å². The van der Waals surface area contributed by atoms with Crippen LogP contribution in [0, 0.1) is 5.92 Å². The van der Waals surface area contributed by atoms with E-state index in [1.807, 2.05) is 48.5 Å². The van der Waals surface area contributed by atoms with Gasteiger partial charge in [0, 0.05) is 5.92 Å². The first kappa shape index (κ1) is 14.8. The molecule has 0 bridgehead atoms. The molecule has 1 saturated carbocycles. The summed E-state index contributed by atoms with van der Waals surface area (Å²) in [6.07, 6.45) is 0.892. The third-order valence-corrected chi connectivity index (χ3v) is 4.36. The van der Waals surface area contributed by atoms with Crippen LogP contribution in [-0.2, 0) is 10.4 Å². The predicted molar refractivity (Wildman–Crippen MR) is 86.3 cm³/mol. The van der Waals surface area contributed by atoms with Crippen molar-refractivity contribution in [2.24, 2.45) is 5.92 Å². The molecule has 3 heteroatoms. The van der Waals surface area contributed by atoms with Crippen LogP contribution in [0.15, 0.2) is 60.7 Å². The zero-order chi connectivity index (χ0) is 15.6. The summed E-state index contributed by atoms with van der Waals surface area (Å²) in [5.74, 6) is 0.391. The number of aliphatic hydroxyl groups is 1. The van der Waals surface area contributed by atoms with Gasteiger partial charge < -0.3 is 10.4 Å². The van der Waals surface area contributed by atoms with E-state index in [4.69, 9.17) is 0 Å². The number of rotatable bonds is 5. The van der Waals surface area contributed by atoms with Gasteiger partial charge in [-0.3, -0.25) is 4.79 Å². The van der Waals surface area contributed by atoms with Crippen molar-refractivity contribution in [2.45, 2.75) is 24.9 Å². The van der Waals surface area contributed by atoms with Crippen molar-refractivity contribution in [3.05, 3.63) is 71.8 Å². The zero-order valence-corrected chi connectivity index (χ0v) is 12.7. The van der Waals surface area contributed by atoms with Gasteiger partial charge in [0.15, 0.2) is 0 Å². The molecule has 3 atom stereocenters. The molecule has 0 saturated heterocycles. The van der Waals surface area contributed by atoms with Gasteiger partial charge in [0.05, 0.1) is 6.54 Å². The fraction of sp³-hybridized carbons (Fsp3) is 0.316. The number of carbonyl (C=O) groups is 1. The van der Waals surface area contributed by atoms with E-state index >= 15 is 0 Å². The standard InChI is InChI=1S/C19H21NO2/c1-19(22,15-10-6-3-7-11-15)13-20-18(21)17-12-16(17)14-8-4-2-5-9-14/h2-11,16-17,22H,12-13H2,1H3,(H,20,21). The summed E-state index contributed by atoms with van der Waals surface area (Å²) in [7, 11) is 0. The normalized spacial score (nSPS) is 22.6. The van der Waals surface area contributed by atoms with Crippen LogP contribution < -0.4 is 5.32 Å². The summed E-state index contributed by atoms with van der Waals surface area (Å²) in [6.45, 7) is 1.96. The molecular formula is C19H21NO2. The molecular weight excluding hydrogens is 274 g/mol. The van der Waals surface area contributed by atoms with E-state index in [-0.39, 0.29) is 18.4 Å². The number of nitrogens with one attached hydrogen (secondary N) is 1. The van der Waals surface area contributed by atoms with Crippen LogP contribution in [-0.4, -0.2) is 17.6 Å². The highest BCUT2D eigenvalue weighted by Crippen LogP contribution is 2.47. The Balaban J connectivity index is 1.56. The van der Waals surface area contributed by atoms with Crippen molar-refractivity contribution in [3.63, 3.8) is 0 Å². The van der Waals surface area contributed by atoms with E-state index in [0.29, 0.717) is 5.92 Å². The van der Waals surface area contributed by atoms with Gasteiger partial charge in [-0.25, -0.2) is 0 Å². The third kappa shape index (κ3) is 3.20. The SMILES string of the molecule is CC(O)(CNC(=O)C1CC1c1ccccc1)c1ccccc1. The molecule has 1 amide bonds. The third-order valence-electron chi connectivity index (χ3n) is 4.36. The predicted octanol–water partition coefficient (Wildman–Crippen LogP) is 2.81. The van der Waals surface area contributed by atoms with Crippen molar-refractivity contribution >= 4 is 5.91 Å². The molecule has 3 unspecified atom stereocenters. The second-order valence-corrected chi connectivity index (χ2v) is 6.22. The van der Waals surface area contributed by atoms with Gasteiger partial charge >= 0.3 is 0 Å². The Bertz CT molecular complexity index is 637. The topological polar surface area (TPSA) is 49.3 Å². The Hall–Kier alpha value is -2.13. The van der Waals surface area contributed by atoms with Gasteiger partial charge in [0.25, 0.3) is 0 Å². The van der Waals surface area contributed by atoms with Crippen LogP contribution in [0.2, 0.25) is 0 Å². The minimum atomic E-state index is -1.05. The number of benzene rings is 2. The minimum absolute atomic E-state index is 0.0325. The fourth-order valence-electron chi connectivity index (χ4n) is 2.84. The van der Waals surface area contributed by atoms with Crippen LogP contribution >= 0.6 is 0 Å². The average Bonchev–Trinajstić information content (AvgIpc) is 3.35. The minimum Gasteiger partial charge on any atom is -0.384 e. The second-order valence-electron chi connectivity index (χ2n) is 6.22. The van der Waals surface area contributed by atoms with Gasteiger partial charge in [-0.1, -0.05) is 60.7 Å². The second kappa shape index (κ2) is 5.93. The highest BCUT2D eigenvalue weighted by atomic mass is 16.3. The largest absolute Gasteiger partial charge is 0.384 e. The summed E-state index contributed by atoms with van der Waals surface area (Å²) in [6, 6.07) is 19.6. The van der Waals surface area contributed by atoms with Crippen LogP contribution in [0.1, 0.15) is 30.4 Å². The van der Waals surface area contributed by atoms with E-state index in [9.17, 15) is 9.90 Å². The molecule has 1 aliphatic carbocycles. The highest BCUT2D eigenvalue weighted by Gasteiger charge is 2.44. The first-order chi connectivity index (χ1) is 10.6. The molecule has 2 N–H and O–H groups in total. The van der Waals surface area contributed by atoms with Crippen LogP contribution in [0.25, 0.3) is 0 Å². The molecule has 0 aliphatic heterocycles. The van der Waals surface area contributed by atoms with Crippen molar-refractivity contribution in [1.29, 1.82) is 0 Å². The first-order valence-electron chi connectivity index (χ1n) is 7.68. The lowest BCUT2D eigenvalue weighted by molar-refractivity contribution is -0.123. The summed E-state index contributed by atoms with van der Waals surface area (Å²) in [5.41, 5.74) is 0.983. The molecule has 1 fully saturated rings. The molecule has 0 heterocycles. The molecule has 0 aromatic heterocycles. The maximum Gasteiger partial charge on any atom is 0.223 e. The Morgan fingerprint density at radius 2 is 1.73 bits per heavy atom. The number of hydrogen-bond acceptors (Lipinski definition) is 2. The number of hydrogen-bond donors (Lipinski definition) is 2. The fourth-order valence-corrected chi connectivity index (χ4v) is 2.84. The number of carbonyl (C=O) groups excluding carboxylic acids is 1. The van der Waals surface area contributed by atoms with Gasteiger partial charge in [-0.15, -0.1) is 0 Å². The lowest BCUT2D eigenvalue weighted by Gasteiger charge is -2.24. The Labute approximate surface area is 131 Å². The van der Waals surface area contributed by atoms with Crippen LogP contribution in [0.5, 0.6) is 0 Å². The monoisotopic (exact) mass is 295 g/mol. The maximum atomic E-state index is 12.2. The molecule has 0 radical (unpaired) electrons. The maximum absolute atomic E-state index is 12.2. The zero-order valence-electron chi connectivity index (χ0n) is 12.7. The van der Waals surface area contributed by atoms with Crippen LogP contribution in [0.3, 0.4) is 0 Å². The van der Waals surface area contributed by atoms with Gasteiger partial charge in [0.1, 0.15) is 5.60 Å². The van der Waals surface area contributed by atoms with E-state index in [1.54, 1.807) is 6.92 Å². The molecule has 3 rings (SSSR count). The molecule has 114 valence electrons. The van der Waals surface area contributed by atoms with Gasteiger partial charge in [-0.05, 0) is 30.4 Å². The van der Waals surface area contributed by atoms with E-state index in [0.717, 1.165) is 12.0 Å². The lowest BCUT2D eigenvalue weighted by atomic mass is 9.96. The van der Waals surface area contributed by atoms with E-state index < -0.39 is 5.60 Å². The Kier molecular flexibility index (Phi) is 3.99. The molecule has 1 aliphatic rings. The highest BCUT2D eigenvalue weighted by molar-refractivity contribution is 5.83. The molecule has 2 aromatic rings. The molecule has 3 nitrogen and oxygen atoms in total. The summed E-state index contributed by atoms with van der Waals surface area (Å²) in [4.78, 5) is 12.2. The molecule has 0 spiro atoms. The van der Waals surface area contributed by atoms with Gasteiger partial charge in [0.2, 0.25) is 5.91 Å².